The molecule has 24 heavy (non-hydrogen) atoms. The fourth-order valence-corrected chi connectivity index (χ4v) is 4.65. The molecule has 0 spiro atoms. The van der Waals surface area contributed by atoms with Crippen molar-refractivity contribution in [3.8, 4) is 0 Å². The Bertz CT molecular complexity index is 662. The highest BCUT2D eigenvalue weighted by Gasteiger charge is 2.31. The van der Waals surface area contributed by atoms with Gasteiger partial charge in [-0.25, -0.2) is 4.98 Å². The van der Waals surface area contributed by atoms with E-state index >= 15 is 0 Å². The summed E-state index contributed by atoms with van der Waals surface area (Å²) in [5.41, 5.74) is 2.40. The number of fused-ring (bicyclic) bond motifs is 1. The Balaban J connectivity index is 1.33. The Kier molecular flexibility index (Phi) is 4.96. The van der Waals surface area contributed by atoms with Crippen LogP contribution in [-0.2, 0) is 17.9 Å². The molecule has 2 aromatic heterocycles. The highest BCUT2D eigenvalue weighted by molar-refractivity contribution is 7.09. The maximum Gasteiger partial charge on any atom is 0.0898 e. The Hall–Kier alpha value is -1.24. The first-order valence-corrected chi connectivity index (χ1v) is 9.93. The van der Waals surface area contributed by atoms with Crippen LogP contribution in [0.5, 0.6) is 0 Å². The van der Waals surface area contributed by atoms with Crippen molar-refractivity contribution >= 4 is 11.3 Å². The normalized spacial score (nSPS) is 22.1. The zero-order valence-corrected chi connectivity index (χ0v) is 15.2. The third-order valence-electron chi connectivity index (χ3n) is 5.26. The van der Waals surface area contributed by atoms with Gasteiger partial charge >= 0.3 is 0 Å². The molecule has 0 aromatic carbocycles. The van der Waals surface area contributed by atoms with Gasteiger partial charge in [0.1, 0.15) is 0 Å². The van der Waals surface area contributed by atoms with E-state index in [1.165, 1.54) is 31.4 Å². The lowest BCUT2D eigenvalue weighted by molar-refractivity contribution is 0.0754. The zero-order valence-electron chi connectivity index (χ0n) is 14.4. The average molecular weight is 346 g/mol. The monoisotopic (exact) mass is 346 g/mol. The highest BCUT2D eigenvalue weighted by Crippen LogP contribution is 2.30. The standard InChI is InChI=1S/C18H26N4OS/c1-14-20-15(13-24-14)12-23-9-7-18-11-21(16-4-2-3-5-16)10-17-6-8-19-22(17)18/h6,8,13,16,18H,2-5,7,9-12H2,1H3/t18-/m1/s1. The van der Waals surface area contributed by atoms with E-state index in [-0.39, 0.29) is 0 Å². The fourth-order valence-electron chi connectivity index (χ4n) is 4.05. The molecule has 0 bridgehead atoms. The van der Waals surface area contributed by atoms with E-state index in [9.17, 15) is 0 Å². The molecule has 0 amide bonds. The minimum absolute atomic E-state index is 0.432. The Morgan fingerprint density at radius 1 is 1.33 bits per heavy atom. The third-order valence-corrected chi connectivity index (χ3v) is 6.08. The van der Waals surface area contributed by atoms with Gasteiger partial charge in [-0.1, -0.05) is 12.8 Å². The molecule has 3 heterocycles. The van der Waals surface area contributed by atoms with E-state index in [4.69, 9.17) is 4.74 Å². The van der Waals surface area contributed by atoms with Gasteiger partial charge in [0.05, 0.1) is 29.0 Å². The first kappa shape index (κ1) is 16.2. The number of hydrogen-bond donors (Lipinski definition) is 0. The molecule has 2 aromatic rings. The summed E-state index contributed by atoms with van der Waals surface area (Å²) >= 11 is 1.68. The summed E-state index contributed by atoms with van der Waals surface area (Å²) in [6.07, 6.45) is 8.46. The van der Waals surface area contributed by atoms with Gasteiger partial charge in [-0.2, -0.15) is 5.10 Å². The van der Waals surface area contributed by atoms with Crippen LogP contribution in [0.3, 0.4) is 0 Å². The van der Waals surface area contributed by atoms with Crippen LogP contribution in [0.1, 0.15) is 54.5 Å². The van der Waals surface area contributed by atoms with Crippen molar-refractivity contribution in [2.24, 2.45) is 0 Å². The maximum atomic E-state index is 5.87. The van der Waals surface area contributed by atoms with Crippen LogP contribution in [0.15, 0.2) is 17.6 Å². The van der Waals surface area contributed by atoms with Gasteiger partial charge in [0, 0.05) is 37.3 Å². The van der Waals surface area contributed by atoms with Crippen molar-refractivity contribution in [2.75, 3.05) is 13.2 Å². The van der Waals surface area contributed by atoms with Crippen LogP contribution in [0, 0.1) is 6.92 Å². The first-order valence-electron chi connectivity index (χ1n) is 9.05. The quantitative estimate of drug-likeness (QED) is 0.750. The molecule has 6 heteroatoms. The lowest BCUT2D eigenvalue weighted by atomic mass is 10.1. The van der Waals surface area contributed by atoms with Crippen molar-refractivity contribution in [2.45, 2.75) is 64.3 Å². The number of nitrogens with zero attached hydrogens (tertiary/aromatic N) is 4. The van der Waals surface area contributed by atoms with Gasteiger partial charge < -0.3 is 4.74 Å². The topological polar surface area (TPSA) is 43.2 Å². The number of ether oxygens (including phenoxy) is 1. The molecule has 1 atom stereocenters. The second-order valence-electron chi connectivity index (χ2n) is 6.99. The van der Waals surface area contributed by atoms with Gasteiger partial charge in [0.25, 0.3) is 0 Å². The van der Waals surface area contributed by atoms with Crippen LogP contribution >= 0.6 is 11.3 Å². The molecule has 0 saturated heterocycles. The summed E-state index contributed by atoms with van der Waals surface area (Å²) in [4.78, 5) is 7.13. The molecule has 130 valence electrons. The molecule has 1 aliphatic heterocycles. The van der Waals surface area contributed by atoms with E-state index in [1.54, 1.807) is 11.3 Å². The van der Waals surface area contributed by atoms with E-state index in [2.05, 4.69) is 31.1 Å². The van der Waals surface area contributed by atoms with Gasteiger partial charge in [0.15, 0.2) is 0 Å². The number of aryl methyl sites for hydroxylation is 1. The van der Waals surface area contributed by atoms with Crippen LogP contribution in [0.2, 0.25) is 0 Å². The van der Waals surface area contributed by atoms with Crippen LogP contribution in [0.4, 0.5) is 0 Å². The number of rotatable bonds is 6. The van der Waals surface area contributed by atoms with Crippen LogP contribution in [0.25, 0.3) is 0 Å². The van der Waals surface area contributed by atoms with E-state index in [0.717, 1.165) is 42.9 Å². The molecule has 1 aliphatic carbocycles. The minimum atomic E-state index is 0.432. The van der Waals surface area contributed by atoms with Crippen molar-refractivity contribution in [3.05, 3.63) is 34.0 Å². The minimum Gasteiger partial charge on any atom is -0.375 e. The van der Waals surface area contributed by atoms with Crippen molar-refractivity contribution < 1.29 is 4.74 Å². The molecular formula is C18H26N4OS. The predicted octanol–water partition coefficient (Wildman–Crippen LogP) is 3.55. The summed E-state index contributed by atoms with van der Waals surface area (Å²) in [5.74, 6) is 0. The van der Waals surface area contributed by atoms with Crippen molar-refractivity contribution in [1.82, 2.24) is 19.7 Å². The van der Waals surface area contributed by atoms with Gasteiger partial charge in [-0.3, -0.25) is 9.58 Å². The molecule has 0 N–H and O–H groups in total. The van der Waals surface area contributed by atoms with E-state index in [0.29, 0.717) is 12.6 Å². The molecule has 2 aliphatic rings. The van der Waals surface area contributed by atoms with Crippen molar-refractivity contribution in [3.63, 3.8) is 0 Å². The maximum absolute atomic E-state index is 5.87. The van der Waals surface area contributed by atoms with Gasteiger partial charge in [0.2, 0.25) is 0 Å². The van der Waals surface area contributed by atoms with Crippen molar-refractivity contribution in [1.29, 1.82) is 0 Å². The molecule has 1 fully saturated rings. The predicted molar refractivity (Wildman–Crippen MR) is 95.1 cm³/mol. The van der Waals surface area contributed by atoms with Crippen LogP contribution in [-0.4, -0.2) is 38.9 Å². The molecule has 0 unspecified atom stereocenters. The second kappa shape index (κ2) is 7.33. The lowest BCUT2D eigenvalue weighted by Crippen LogP contribution is -2.42. The Morgan fingerprint density at radius 3 is 3.00 bits per heavy atom. The molecule has 1 saturated carbocycles. The summed E-state index contributed by atoms with van der Waals surface area (Å²) in [6.45, 7) is 5.58. The largest absolute Gasteiger partial charge is 0.375 e. The van der Waals surface area contributed by atoms with E-state index < -0.39 is 0 Å². The van der Waals surface area contributed by atoms with E-state index in [1.807, 2.05) is 13.1 Å². The molecule has 5 nitrogen and oxygen atoms in total. The Morgan fingerprint density at radius 2 is 2.21 bits per heavy atom. The Labute approximate surface area is 147 Å². The fraction of sp³-hybridized carbons (Fsp3) is 0.667. The molecular weight excluding hydrogens is 320 g/mol. The van der Waals surface area contributed by atoms with Crippen LogP contribution < -0.4 is 0 Å². The zero-order chi connectivity index (χ0) is 16.4. The molecule has 0 radical (unpaired) electrons. The lowest BCUT2D eigenvalue weighted by Gasteiger charge is -2.37. The molecule has 4 rings (SSSR count). The number of hydrogen-bond acceptors (Lipinski definition) is 5. The smallest absolute Gasteiger partial charge is 0.0898 e. The summed E-state index contributed by atoms with van der Waals surface area (Å²) in [6, 6.07) is 3.38. The van der Waals surface area contributed by atoms with Gasteiger partial charge in [-0.05, 0) is 32.3 Å². The number of thiazole rings is 1. The summed E-state index contributed by atoms with van der Waals surface area (Å²) in [7, 11) is 0. The average Bonchev–Trinajstić information content (AvgIpc) is 3.32. The SMILES string of the molecule is Cc1nc(COCC[C@@H]2CN(C3CCCC3)Cc3ccnn32)cs1. The van der Waals surface area contributed by atoms with Gasteiger partial charge in [-0.15, -0.1) is 11.3 Å². The first-order chi connectivity index (χ1) is 11.8. The number of aromatic nitrogens is 3. The summed E-state index contributed by atoms with van der Waals surface area (Å²) in [5, 5.41) is 7.76. The summed E-state index contributed by atoms with van der Waals surface area (Å²) < 4.78 is 8.10. The third kappa shape index (κ3) is 3.55. The second-order valence-corrected chi connectivity index (χ2v) is 8.05. The highest BCUT2D eigenvalue weighted by atomic mass is 32.1.